The van der Waals surface area contributed by atoms with Crippen LogP contribution >= 0.6 is 0 Å². The number of unbranched alkanes of at least 4 members (excludes halogenated alkanes) is 2. The summed E-state index contributed by atoms with van der Waals surface area (Å²) in [5.41, 5.74) is 0.568. The summed E-state index contributed by atoms with van der Waals surface area (Å²) in [6.45, 7) is 2.45. The Balaban J connectivity index is 2.46. The van der Waals surface area contributed by atoms with Crippen LogP contribution in [0.15, 0.2) is 24.3 Å². The van der Waals surface area contributed by atoms with Crippen LogP contribution in [0, 0.1) is 5.82 Å². The zero-order chi connectivity index (χ0) is 12.7. The first-order chi connectivity index (χ1) is 8.15. The standard InChI is InChI=1S/C14H20FNO/c1-3-4-5-10-14(17)16(2)11-12-8-6-7-9-13(12)15/h6-9H,3-5,10-11H2,1-2H3. The van der Waals surface area contributed by atoms with Gasteiger partial charge in [0.05, 0.1) is 0 Å². The minimum absolute atomic E-state index is 0.0849. The molecule has 94 valence electrons. The molecule has 0 heterocycles. The molecule has 0 aliphatic carbocycles. The molecule has 0 spiro atoms. The molecular weight excluding hydrogens is 217 g/mol. The van der Waals surface area contributed by atoms with Crippen LogP contribution in [-0.4, -0.2) is 17.9 Å². The molecule has 0 bridgehead atoms. The molecule has 0 saturated carbocycles. The quantitative estimate of drug-likeness (QED) is 0.695. The molecule has 1 rings (SSSR count). The molecule has 0 unspecified atom stereocenters. The molecule has 0 aromatic heterocycles. The molecule has 0 saturated heterocycles. The van der Waals surface area contributed by atoms with Gasteiger partial charge in [0, 0.05) is 25.6 Å². The highest BCUT2D eigenvalue weighted by molar-refractivity contribution is 5.75. The molecule has 0 atom stereocenters. The molecular formula is C14H20FNO. The molecule has 0 aliphatic rings. The Labute approximate surface area is 102 Å². The number of nitrogens with zero attached hydrogens (tertiary/aromatic N) is 1. The van der Waals surface area contributed by atoms with Gasteiger partial charge in [0.15, 0.2) is 0 Å². The van der Waals surface area contributed by atoms with Crippen molar-refractivity contribution in [3.8, 4) is 0 Å². The lowest BCUT2D eigenvalue weighted by Gasteiger charge is -2.17. The number of rotatable bonds is 6. The van der Waals surface area contributed by atoms with Crippen LogP contribution in [0.4, 0.5) is 4.39 Å². The van der Waals surface area contributed by atoms with Crippen molar-refractivity contribution in [3.05, 3.63) is 35.6 Å². The largest absolute Gasteiger partial charge is 0.341 e. The Morgan fingerprint density at radius 3 is 2.65 bits per heavy atom. The predicted molar refractivity (Wildman–Crippen MR) is 67.0 cm³/mol. The number of carbonyl (C=O) groups is 1. The number of amides is 1. The Kier molecular flexibility index (Phi) is 5.67. The van der Waals surface area contributed by atoms with E-state index in [9.17, 15) is 9.18 Å². The lowest BCUT2D eigenvalue weighted by molar-refractivity contribution is -0.130. The van der Waals surface area contributed by atoms with Gasteiger partial charge in [0.1, 0.15) is 5.82 Å². The van der Waals surface area contributed by atoms with Gasteiger partial charge in [0.25, 0.3) is 0 Å². The molecule has 0 N–H and O–H groups in total. The van der Waals surface area contributed by atoms with Gasteiger partial charge in [-0.3, -0.25) is 4.79 Å². The zero-order valence-electron chi connectivity index (χ0n) is 10.6. The molecule has 0 radical (unpaired) electrons. The third-order valence-corrected chi connectivity index (χ3v) is 2.79. The van der Waals surface area contributed by atoms with Crippen LogP contribution < -0.4 is 0 Å². The fraction of sp³-hybridized carbons (Fsp3) is 0.500. The minimum Gasteiger partial charge on any atom is -0.341 e. The van der Waals surface area contributed by atoms with E-state index in [1.165, 1.54) is 6.07 Å². The summed E-state index contributed by atoms with van der Waals surface area (Å²) >= 11 is 0. The van der Waals surface area contributed by atoms with E-state index in [0.717, 1.165) is 19.3 Å². The molecule has 1 aromatic rings. The molecule has 0 aliphatic heterocycles. The fourth-order valence-electron chi connectivity index (χ4n) is 1.69. The third-order valence-electron chi connectivity index (χ3n) is 2.79. The van der Waals surface area contributed by atoms with E-state index >= 15 is 0 Å². The normalized spacial score (nSPS) is 10.3. The maximum absolute atomic E-state index is 13.4. The van der Waals surface area contributed by atoms with Gasteiger partial charge in [-0.1, -0.05) is 38.0 Å². The van der Waals surface area contributed by atoms with E-state index in [4.69, 9.17) is 0 Å². The van der Waals surface area contributed by atoms with Crippen LogP contribution in [0.1, 0.15) is 38.2 Å². The third kappa shape index (κ3) is 4.55. The van der Waals surface area contributed by atoms with E-state index in [2.05, 4.69) is 6.92 Å². The number of hydrogen-bond donors (Lipinski definition) is 0. The number of carbonyl (C=O) groups excluding carboxylic acids is 1. The number of hydrogen-bond acceptors (Lipinski definition) is 1. The Bertz CT molecular complexity index is 365. The second-order valence-electron chi connectivity index (χ2n) is 4.30. The fourth-order valence-corrected chi connectivity index (χ4v) is 1.69. The minimum atomic E-state index is -0.249. The van der Waals surface area contributed by atoms with Gasteiger partial charge in [-0.2, -0.15) is 0 Å². The lowest BCUT2D eigenvalue weighted by atomic mass is 10.1. The summed E-state index contributed by atoms with van der Waals surface area (Å²) in [5, 5.41) is 0. The first-order valence-corrected chi connectivity index (χ1v) is 6.12. The summed E-state index contributed by atoms with van der Waals surface area (Å²) in [5.74, 6) is -0.164. The van der Waals surface area contributed by atoms with Gasteiger partial charge in [-0.05, 0) is 12.5 Å². The summed E-state index contributed by atoms with van der Waals surface area (Å²) in [6.07, 6.45) is 3.64. The van der Waals surface area contributed by atoms with Crippen LogP contribution in [0.3, 0.4) is 0 Å². The maximum Gasteiger partial charge on any atom is 0.222 e. The van der Waals surface area contributed by atoms with Gasteiger partial charge in [0.2, 0.25) is 5.91 Å². The van der Waals surface area contributed by atoms with Crippen molar-refractivity contribution in [2.45, 2.75) is 39.2 Å². The zero-order valence-corrected chi connectivity index (χ0v) is 10.6. The van der Waals surface area contributed by atoms with Crippen LogP contribution in [0.5, 0.6) is 0 Å². The van der Waals surface area contributed by atoms with E-state index in [-0.39, 0.29) is 11.7 Å². The molecule has 3 heteroatoms. The SMILES string of the molecule is CCCCCC(=O)N(C)Cc1ccccc1F. The van der Waals surface area contributed by atoms with E-state index in [0.29, 0.717) is 18.5 Å². The van der Waals surface area contributed by atoms with Crippen molar-refractivity contribution in [2.24, 2.45) is 0 Å². The van der Waals surface area contributed by atoms with Crippen molar-refractivity contribution in [1.82, 2.24) is 4.90 Å². The van der Waals surface area contributed by atoms with Gasteiger partial charge < -0.3 is 4.90 Å². The highest BCUT2D eigenvalue weighted by atomic mass is 19.1. The molecule has 17 heavy (non-hydrogen) atoms. The van der Waals surface area contributed by atoms with Crippen molar-refractivity contribution < 1.29 is 9.18 Å². The average Bonchev–Trinajstić information content (AvgIpc) is 2.32. The summed E-state index contributed by atoms with van der Waals surface area (Å²) in [4.78, 5) is 13.3. The van der Waals surface area contributed by atoms with Gasteiger partial charge in [-0.15, -0.1) is 0 Å². The first kappa shape index (κ1) is 13.7. The lowest BCUT2D eigenvalue weighted by Crippen LogP contribution is -2.26. The summed E-state index contributed by atoms with van der Waals surface area (Å²) < 4.78 is 13.4. The van der Waals surface area contributed by atoms with E-state index < -0.39 is 0 Å². The van der Waals surface area contributed by atoms with Crippen molar-refractivity contribution in [2.75, 3.05) is 7.05 Å². The second kappa shape index (κ2) is 7.05. The van der Waals surface area contributed by atoms with Crippen molar-refractivity contribution >= 4 is 5.91 Å². The van der Waals surface area contributed by atoms with E-state index in [1.807, 2.05) is 0 Å². The summed E-state index contributed by atoms with van der Waals surface area (Å²) in [7, 11) is 1.72. The molecule has 0 fully saturated rings. The average molecular weight is 237 g/mol. The second-order valence-corrected chi connectivity index (χ2v) is 4.30. The maximum atomic E-state index is 13.4. The Morgan fingerprint density at radius 1 is 1.29 bits per heavy atom. The summed E-state index contributed by atoms with van der Waals surface area (Å²) in [6, 6.07) is 6.58. The smallest absolute Gasteiger partial charge is 0.222 e. The van der Waals surface area contributed by atoms with E-state index in [1.54, 1.807) is 30.1 Å². The molecule has 1 amide bonds. The molecule has 2 nitrogen and oxygen atoms in total. The Hall–Kier alpha value is -1.38. The first-order valence-electron chi connectivity index (χ1n) is 6.12. The van der Waals surface area contributed by atoms with Gasteiger partial charge >= 0.3 is 0 Å². The Morgan fingerprint density at radius 2 is 2.00 bits per heavy atom. The number of halogens is 1. The topological polar surface area (TPSA) is 20.3 Å². The van der Waals surface area contributed by atoms with Crippen molar-refractivity contribution in [1.29, 1.82) is 0 Å². The highest BCUT2D eigenvalue weighted by Gasteiger charge is 2.10. The number of benzene rings is 1. The van der Waals surface area contributed by atoms with Crippen molar-refractivity contribution in [3.63, 3.8) is 0 Å². The predicted octanol–water partition coefficient (Wildman–Crippen LogP) is 3.36. The van der Waals surface area contributed by atoms with Crippen LogP contribution in [0.2, 0.25) is 0 Å². The van der Waals surface area contributed by atoms with Crippen LogP contribution in [0.25, 0.3) is 0 Å². The highest BCUT2D eigenvalue weighted by Crippen LogP contribution is 2.10. The monoisotopic (exact) mass is 237 g/mol. The van der Waals surface area contributed by atoms with Crippen LogP contribution in [-0.2, 0) is 11.3 Å². The van der Waals surface area contributed by atoms with Gasteiger partial charge in [-0.25, -0.2) is 4.39 Å². The molecule has 1 aromatic carbocycles.